The van der Waals surface area contributed by atoms with E-state index in [0.29, 0.717) is 5.92 Å². The average molecular weight is 279 g/mol. The summed E-state index contributed by atoms with van der Waals surface area (Å²) in [5.74, 6) is 1.23. The SMILES string of the molecule is CC(C)C1CCCC(CO)(Nc2ccc(F)cc2)CC1. The second-order valence-electron chi connectivity index (χ2n) is 6.51. The molecule has 0 radical (unpaired) electrons. The zero-order valence-corrected chi connectivity index (χ0v) is 12.5. The topological polar surface area (TPSA) is 32.3 Å². The molecule has 0 amide bonds. The minimum atomic E-state index is -0.249. The molecule has 3 heteroatoms. The highest BCUT2D eigenvalue weighted by molar-refractivity contribution is 5.45. The van der Waals surface area contributed by atoms with Crippen LogP contribution in [0.1, 0.15) is 46.0 Å². The number of anilines is 1. The Morgan fingerprint density at radius 1 is 1.25 bits per heavy atom. The molecule has 0 bridgehead atoms. The van der Waals surface area contributed by atoms with E-state index in [4.69, 9.17) is 0 Å². The van der Waals surface area contributed by atoms with Crippen LogP contribution in [-0.4, -0.2) is 17.3 Å². The van der Waals surface area contributed by atoms with Crippen LogP contribution in [0.4, 0.5) is 10.1 Å². The first-order chi connectivity index (χ1) is 9.54. The molecule has 112 valence electrons. The number of hydrogen-bond acceptors (Lipinski definition) is 2. The van der Waals surface area contributed by atoms with Gasteiger partial charge in [0.05, 0.1) is 12.1 Å². The van der Waals surface area contributed by atoms with Gasteiger partial charge in [0.1, 0.15) is 5.82 Å². The van der Waals surface area contributed by atoms with E-state index in [0.717, 1.165) is 37.3 Å². The smallest absolute Gasteiger partial charge is 0.123 e. The van der Waals surface area contributed by atoms with Crippen molar-refractivity contribution in [1.82, 2.24) is 0 Å². The van der Waals surface area contributed by atoms with Gasteiger partial charge < -0.3 is 10.4 Å². The summed E-state index contributed by atoms with van der Waals surface area (Å²) in [5, 5.41) is 13.3. The number of hydrogen-bond donors (Lipinski definition) is 2. The van der Waals surface area contributed by atoms with Gasteiger partial charge in [-0.05, 0) is 55.4 Å². The second kappa shape index (κ2) is 6.57. The van der Waals surface area contributed by atoms with Crippen molar-refractivity contribution in [2.24, 2.45) is 11.8 Å². The number of nitrogens with one attached hydrogen (secondary N) is 1. The molecule has 1 aliphatic rings. The van der Waals surface area contributed by atoms with Gasteiger partial charge in [0.15, 0.2) is 0 Å². The summed E-state index contributed by atoms with van der Waals surface area (Å²) in [5.41, 5.74) is 0.644. The quantitative estimate of drug-likeness (QED) is 0.809. The van der Waals surface area contributed by atoms with Crippen LogP contribution in [0.5, 0.6) is 0 Å². The Hall–Kier alpha value is -1.09. The maximum absolute atomic E-state index is 13.0. The summed E-state index contributed by atoms with van der Waals surface area (Å²) < 4.78 is 13.0. The predicted octanol–water partition coefficient (Wildman–Crippen LogP) is 4.21. The Bertz CT molecular complexity index is 418. The van der Waals surface area contributed by atoms with Crippen molar-refractivity contribution in [1.29, 1.82) is 0 Å². The van der Waals surface area contributed by atoms with Gasteiger partial charge in [0, 0.05) is 5.69 Å². The molecule has 1 aromatic carbocycles. The van der Waals surface area contributed by atoms with E-state index in [1.165, 1.54) is 18.6 Å². The van der Waals surface area contributed by atoms with Gasteiger partial charge in [-0.2, -0.15) is 0 Å². The van der Waals surface area contributed by atoms with Gasteiger partial charge in [-0.15, -0.1) is 0 Å². The maximum Gasteiger partial charge on any atom is 0.123 e. The van der Waals surface area contributed by atoms with Crippen LogP contribution in [-0.2, 0) is 0 Å². The van der Waals surface area contributed by atoms with Crippen molar-refractivity contribution in [3.63, 3.8) is 0 Å². The van der Waals surface area contributed by atoms with E-state index >= 15 is 0 Å². The van der Waals surface area contributed by atoms with Crippen LogP contribution in [0, 0.1) is 17.7 Å². The number of halogens is 1. The fourth-order valence-corrected chi connectivity index (χ4v) is 3.26. The van der Waals surface area contributed by atoms with Crippen molar-refractivity contribution in [3.05, 3.63) is 30.1 Å². The first kappa shape index (κ1) is 15.3. The summed E-state index contributed by atoms with van der Waals surface area (Å²) in [6.07, 6.45) is 5.47. The summed E-state index contributed by atoms with van der Waals surface area (Å²) in [4.78, 5) is 0. The highest BCUT2D eigenvalue weighted by Gasteiger charge is 2.33. The van der Waals surface area contributed by atoms with Crippen LogP contribution in [0.15, 0.2) is 24.3 Å². The average Bonchev–Trinajstić information content (AvgIpc) is 2.65. The van der Waals surface area contributed by atoms with Crippen molar-refractivity contribution >= 4 is 5.69 Å². The molecule has 1 saturated carbocycles. The lowest BCUT2D eigenvalue weighted by Gasteiger charge is -2.33. The van der Waals surface area contributed by atoms with E-state index in [-0.39, 0.29) is 18.0 Å². The van der Waals surface area contributed by atoms with Crippen LogP contribution < -0.4 is 5.32 Å². The van der Waals surface area contributed by atoms with E-state index in [1.807, 2.05) is 0 Å². The van der Waals surface area contributed by atoms with Gasteiger partial charge in [-0.3, -0.25) is 0 Å². The lowest BCUT2D eigenvalue weighted by Crippen LogP contribution is -2.41. The van der Waals surface area contributed by atoms with Gasteiger partial charge in [-0.25, -0.2) is 4.39 Å². The normalized spacial score (nSPS) is 27.4. The molecule has 2 nitrogen and oxygen atoms in total. The van der Waals surface area contributed by atoms with Crippen molar-refractivity contribution in [2.75, 3.05) is 11.9 Å². The molecular weight excluding hydrogens is 253 g/mol. The Balaban J connectivity index is 2.07. The molecule has 0 saturated heterocycles. The Morgan fingerprint density at radius 3 is 2.55 bits per heavy atom. The van der Waals surface area contributed by atoms with Crippen LogP contribution in [0.2, 0.25) is 0 Å². The highest BCUT2D eigenvalue weighted by Crippen LogP contribution is 2.35. The summed E-state index contributed by atoms with van der Waals surface area (Å²) in [6, 6.07) is 6.41. The molecular formula is C17H26FNO. The number of aliphatic hydroxyl groups is 1. The zero-order chi connectivity index (χ0) is 14.6. The Kier molecular flexibility index (Phi) is 5.03. The fourth-order valence-electron chi connectivity index (χ4n) is 3.26. The Labute approximate surface area is 121 Å². The zero-order valence-electron chi connectivity index (χ0n) is 12.5. The largest absolute Gasteiger partial charge is 0.394 e. The van der Waals surface area contributed by atoms with E-state index < -0.39 is 0 Å². The first-order valence-corrected chi connectivity index (χ1v) is 7.69. The van der Waals surface area contributed by atoms with Gasteiger partial charge >= 0.3 is 0 Å². The molecule has 0 spiro atoms. The third kappa shape index (κ3) is 3.72. The summed E-state index contributed by atoms with van der Waals surface area (Å²) in [7, 11) is 0. The molecule has 2 unspecified atom stereocenters. The van der Waals surface area contributed by atoms with Gasteiger partial charge in [-0.1, -0.05) is 26.7 Å². The third-order valence-corrected chi connectivity index (χ3v) is 4.72. The molecule has 2 N–H and O–H groups in total. The first-order valence-electron chi connectivity index (χ1n) is 7.69. The number of rotatable bonds is 4. The van der Waals surface area contributed by atoms with Crippen LogP contribution in [0.25, 0.3) is 0 Å². The minimum absolute atomic E-state index is 0.134. The molecule has 0 heterocycles. The van der Waals surface area contributed by atoms with Crippen LogP contribution >= 0.6 is 0 Å². The number of benzene rings is 1. The lowest BCUT2D eigenvalue weighted by molar-refractivity contribution is 0.193. The molecule has 1 fully saturated rings. The monoisotopic (exact) mass is 279 g/mol. The maximum atomic E-state index is 13.0. The van der Waals surface area contributed by atoms with E-state index in [1.54, 1.807) is 12.1 Å². The minimum Gasteiger partial charge on any atom is -0.394 e. The second-order valence-corrected chi connectivity index (χ2v) is 6.51. The molecule has 0 aliphatic heterocycles. The summed E-state index contributed by atoms with van der Waals surface area (Å²) >= 11 is 0. The van der Waals surface area contributed by atoms with Crippen molar-refractivity contribution < 1.29 is 9.50 Å². The predicted molar refractivity (Wildman–Crippen MR) is 81.3 cm³/mol. The summed E-state index contributed by atoms with van der Waals surface area (Å²) in [6.45, 7) is 4.70. The highest BCUT2D eigenvalue weighted by atomic mass is 19.1. The van der Waals surface area contributed by atoms with Gasteiger partial charge in [0.25, 0.3) is 0 Å². The number of aliphatic hydroxyl groups excluding tert-OH is 1. The molecule has 1 aromatic rings. The van der Waals surface area contributed by atoms with Crippen molar-refractivity contribution in [3.8, 4) is 0 Å². The molecule has 2 rings (SSSR count). The molecule has 1 aliphatic carbocycles. The standard InChI is InChI=1S/C17H26FNO/c1-13(2)14-4-3-10-17(12-20,11-9-14)19-16-7-5-15(18)6-8-16/h5-8,13-14,19-20H,3-4,9-12H2,1-2H3. The fraction of sp³-hybridized carbons (Fsp3) is 0.647. The van der Waals surface area contributed by atoms with Gasteiger partial charge in [0.2, 0.25) is 0 Å². The molecule has 0 aromatic heterocycles. The lowest BCUT2D eigenvalue weighted by atomic mass is 9.86. The third-order valence-electron chi connectivity index (χ3n) is 4.72. The Morgan fingerprint density at radius 2 is 1.95 bits per heavy atom. The molecule has 2 atom stereocenters. The van der Waals surface area contributed by atoms with E-state index in [2.05, 4.69) is 19.2 Å². The van der Waals surface area contributed by atoms with E-state index in [9.17, 15) is 9.50 Å². The van der Waals surface area contributed by atoms with Crippen LogP contribution in [0.3, 0.4) is 0 Å². The molecule has 20 heavy (non-hydrogen) atoms. The van der Waals surface area contributed by atoms with Crippen molar-refractivity contribution in [2.45, 2.75) is 51.5 Å².